The first-order valence-corrected chi connectivity index (χ1v) is 8.78. The fraction of sp³-hybridized carbons (Fsp3) is 0.250. The van der Waals surface area contributed by atoms with Crippen molar-refractivity contribution in [2.75, 3.05) is 31.0 Å². The second-order valence-electron chi connectivity index (χ2n) is 6.21. The van der Waals surface area contributed by atoms with Gasteiger partial charge in [0.1, 0.15) is 0 Å². The maximum absolute atomic E-state index is 5.35. The van der Waals surface area contributed by atoms with Crippen molar-refractivity contribution in [3.63, 3.8) is 0 Å². The molecule has 0 aliphatic carbocycles. The number of fused-ring (bicyclic) bond motifs is 1. The lowest BCUT2D eigenvalue weighted by molar-refractivity contribution is 0.354. The van der Waals surface area contributed by atoms with Gasteiger partial charge in [0.25, 0.3) is 0 Å². The van der Waals surface area contributed by atoms with Gasteiger partial charge in [-0.25, -0.2) is 0 Å². The summed E-state index contributed by atoms with van der Waals surface area (Å²) in [6.45, 7) is 1.45. The van der Waals surface area contributed by atoms with Crippen LogP contribution < -0.4 is 19.7 Å². The van der Waals surface area contributed by atoms with Crippen LogP contribution in [0.3, 0.4) is 0 Å². The molecular weight excluding hydrogens is 342 g/mol. The molecule has 1 aliphatic rings. The molecule has 2 aromatic carbocycles. The molecule has 1 N–H and O–H groups in total. The molecule has 1 aliphatic heterocycles. The van der Waals surface area contributed by atoms with E-state index in [2.05, 4.69) is 43.6 Å². The van der Waals surface area contributed by atoms with Crippen LogP contribution in [-0.4, -0.2) is 35.9 Å². The molecule has 0 atom stereocenters. The van der Waals surface area contributed by atoms with Gasteiger partial charge in [0.15, 0.2) is 17.3 Å². The highest BCUT2D eigenvalue weighted by molar-refractivity contribution is 5.67. The SMILES string of the molecule is COc1ccc(CNc2nncc(N3CCc4ccccc43)n2)cc1OC. The van der Waals surface area contributed by atoms with E-state index in [4.69, 9.17) is 9.47 Å². The van der Waals surface area contributed by atoms with Gasteiger partial charge >= 0.3 is 0 Å². The second kappa shape index (κ2) is 7.49. The van der Waals surface area contributed by atoms with Crippen LogP contribution in [0.15, 0.2) is 48.7 Å². The van der Waals surface area contributed by atoms with Crippen LogP contribution in [0.25, 0.3) is 0 Å². The third-order valence-electron chi connectivity index (χ3n) is 4.61. The number of benzene rings is 2. The highest BCUT2D eigenvalue weighted by atomic mass is 16.5. The molecule has 7 heteroatoms. The number of hydrogen-bond acceptors (Lipinski definition) is 7. The van der Waals surface area contributed by atoms with Crippen molar-refractivity contribution in [2.45, 2.75) is 13.0 Å². The molecule has 0 saturated carbocycles. The van der Waals surface area contributed by atoms with E-state index in [0.717, 1.165) is 24.3 Å². The molecule has 0 unspecified atom stereocenters. The van der Waals surface area contributed by atoms with Crippen molar-refractivity contribution in [3.8, 4) is 11.5 Å². The first-order chi connectivity index (χ1) is 13.3. The molecule has 0 fully saturated rings. The molecule has 2 heterocycles. The topological polar surface area (TPSA) is 72.4 Å². The summed E-state index contributed by atoms with van der Waals surface area (Å²) < 4.78 is 10.6. The Kier molecular flexibility index (Phi) is 4.74. The standard InChI is InChI=1S/C20H21N5O2/c1-26-17-8-7-14(11-18(17)27-2)12-21-20-23-19(13-22-24-20)25-10-9-15-5-3-4-6-16(15)25/h3-8,11,13H,9-10,12H2,1-2H3,(H,21,23,24). The van der Waals surface area contributed by atoms with Crippen LogP contribution in [0.1, 0.15) is 11.1 Å². The highest BCUT2D eigenvalue weighted by Crippen LogP contribution is 2.33. The van der Waals surface area contributed by atoms with Crippen molar-refractivity contribution in [1.29, 1.82) is 0 Å². The Hall–Kier alpha value is -3.35. The highest BCUT2D eigenvalue weighted by Gasteiger charge is 2.21. The van der Waals surface area contributed by atoms with Crippen molar-refractivity contribution in [2.24, 2.45) is 0 Å². The van der Waals surface area contributed by atoms with Crippen molar-refractivity contribution >= 4 is 17.5 Å². The summed E-state index contributed by atoms with van der Waals surface area (Å²) in [4.78, 5) is 6.80. The first-order valence-electron chi connectivity index (χ1n) is 8.78. The minimum Gasteiger partial charge on any atom is -0.493 e. The van der Waals surface area contributed by atoms with Gasteiger partial charge in [-0.3, -0.25) is 0 Å². The van der Waals surface area contributed by atoms with Crippen LogP contribution in [0.4, 0.5) is 17.5 Å². The van der Waals surface area contributed by atoms with Crippen LogP contribution in [-0.2, 0) is 13.0 Å². The molecule has 7 nitrogen and oxygen atoms in total. The van der Waals surface area contributed by atoms with E-state index in [9.17, 15) is 0 Å². The maximum atomic E-state index is 5.35. The summed E-state index contributed by atoms with van der Waals surface area (Å²) in [7, 11) is 3.25. The Morgan fingerprint density at radius 3 is 2.78 bits per heavy atom. The number of rotatable bonds is 6. The second-order valence-corrected chi connectivity index (χ2v) is 6.21. The average Bonchev–Trinajstić information content (AvgIpc) is 3.16. The molecule has 0 spiro atoms. The third-order valence-corrected chi connectivity index (χ3v) is 4.61. The van der Waals surface area contributed by atoms with Crippen LogP contribution in [0, 0.1) is 0 Å². The minimum atomic E-state index is 0.492. The molecule has 0 bridgehead atoms. The lowest BCUT2D eigenvalue weighted by Gasteiger charge is -2.18. The fourth-order valence-corrected chi connectivity index (χ4v) is 3.25. The number of para-hydroxylation sites is 1. The zero-order chi connectivity index (χ0) is 18.6. The predicted octanol–water partition coefficient (Wildman–Crippen LogP) is 3.20. The van der Waals surface area contributed by atoms with Crippen molar-refractivity contribution in [3.05, 3.63) is 59.8 Å². The van der Waals surface area contributed by atoms with Gasteiger partial charge < -0.3 is 19.7 Å². The molecule has 0 saturated heterocycles. The smallest absolute Gasteiger partial charge is 0.244 e. The molecule has 0 radical (unpaired) electrons. The zero-order valence-corrected chi connectivity index (χ0v) is 15.3. The van der Waals surface area contributed by atoms with Gasteiger partial charge in [0, 0.05) is 18.8 Å². The fourth-order valence-electron chi connectivity index (χ4n) is 3.25. The van der Waals surface area contributed by atoms with Crippen LogP contribution >= 0.6 is 0 Å². The van der Waals surface area contributed by atoms with Gasteiger partial charge in [0.05, 0.1) is 20.4 Å². The summed E-state index contributed by atoms with van der Waals surface area (Å²) in [5.74, 6) is 2.68. The summed E-state index contributed by atoms with van der Waals surface area (Å²) in [5, 5.41) is 11.4. The van der Waals surface area contributed by atoms with E-state index in [-0.39, 0.29) is 0 Å². The zero-order valence-electron chi connectivity index (χ0n) is 15.3. The summed E-state index contributed by atoms with van der Waals surface area (Å²) in [5.41, 5.74) is 3.55. The van der Waals surface area contributed by atoms with Crippen LogP contribution in [0.5, 0.6) is 11.5 Å². The van der Waals surface area contributed by atoms with E-state index in [1.165, 1.54) is 11.3 Å². The van der Waals surface area contributed by atoms with Gasteiger partial charge in [-0.15, -0.1) is 5.10 Å². The average molecular weight is 363 g/mol. The number of hydrogen-bond donors (Lipinski definition) is 1. The summed E-state index contributed by atoms with van der Waals surface area (Å²) >= 11 is 0. The lowest BCUT2D eigenvalue weighted by atomic mass is 10.2. The number of aromatic nitrogens is 3. The summed E-state index contributed by atoms with van der Waals surface area (Å²) in [6, 6.07) is 14.2. The molecule has 27 heavy (non-hydrogen) atoms. The Morgan fingerprint density at radius 2 is 1.93 bits per heavy atom. The summed E-state index contributed by atoms with van der Waals surface area (Å²) in [6.07, 6.45) is 2.71. The van der Waals surface area contributed by atoms with E-state index in [0.29, 0.717) is 24.0 Å². The molecule has 3 aromatic rings. The maximum Gasteiger partial charge on any atom is 0.244 e. The molecule has 138 valence electrons. The lowest BCUT2D eigenvalue weighted by Crippen LogP contribution is -2.16. The number of anilines is 3. The first kappa shape index (κ1) is 17.1. The minimum absolute atomic E-state index is 0.492. The van der Waals surface area contributed by atoms with E-state index in [1.807, 2.05) is 24.3 Å². The van der Waals surface area contributed by atoms with Gasteiger partial charge in [-0.05, 0) is 35.7 Å². The van der Waals surface area contributed by atoms with E-state index < -0.39 is 0 Å². The predicted molar refractivity (Wildman–Crippen MR) is 104 cm³/mol. The van der Waals surface area contributed by atoms with Gasteiger partial charge in [0.2, 0.25) is 5.95 Å². The Bertz CT molecular complexity index is 947. The van der Waals surface area contributed by atoms with E-state index in [1.54, 1.807) is 20.4 Å². The Morgan fingerprint density at radius 1 is 1.07 bits per heavy atom. The quantitative estimate of drug-likeness (QED) is 0.721. The molecular formula is C20H21N5O2. The van der Waals surface area contributed by atoms with Crippen LogP contribution in [0.2, 0.25) is 0 Å². The molecule has 4 rings (SSSR count). The number of nitrogens with zero attached hydrogens (tertiary/aromatic N) is 4. The largest absolute Gasteiger partial charge is 0.493 e. The van der Waals surface area contributed by atoms with Crippen molar-refractivity contribution < 1.29 is 9.47 Å². The monoisotopic (exact) mass is 363 g/mol. The van der Waals surface area contributed by atoms with Crippen molar-refractivity contribution in [1.82, 2.24) is 15.2 Å². The third kappa shape index (κ3) is 3.48. The van der Waals surface area contributed by atoms with Gasteiger partial charge in [-0.1, -0.05) is 24.3 Å². The number of nitrogens with one attached hydrogen (secondary N) is 1. The van der Waals surface area contributed by atoms with E-state index >= 15 is 0 Å². The molecule has 1 aromatic heterocycles. The Labute approximate surface area is 158 Å². The number of ether oxygens (including phenoxy) is 2. The number of methoxy groups -OCH3 is 2. The Balaban J connectivity index is 1.49. The normalized spacial score (nSPS) is 12.6. The van der Waals surface area contributed by atoms with Gasteiger partial charge in [-0.2, -0.15) is 10.1 Å². The molecule has 0 amide bonds.